The SMILES string of the molecule is CCCC1CCC(c2ccc3c(c2)CCC2(C3)OCCO2)CC1. The van der Waals surface area contributed by atoms with Crippen molar-refractivity contribution in [1.82, 2.24) is 0 Å². The normalized spacial score (nSPS) is 29.6. The van der Waals surface area contributed by atoms with Gasteiger partial charge in [-0.05, 0) is 60.6 Å². The molecule has 1 aliphatic heterocycles. The molecular weight excluding hydrogens is 284 g/mol. The first-order valence-corrected chi connectivity index (χ1v) is 9.67. The Hall–Kier alpha value is -0.860. The number of hydrogen-bond donors (Lipinski definition) is 0. The molecule has 1 saturated carbocycles. The number of aryl methyl sites for hydroxylation is 1. The summed E-state index contributed by atoms with van der Waals surface area (Å²) in [6.45, 7) is 3.84. The first-order chi connectivity index (χ1) is 11.3. The van der Waals surface area contributed by atoms with Crippen LogP contribution in [-0.2, 0) is 22.3 Å². The van der Waals surface area contributed by atoms with Crippen LogP contribution in [0.15, 0.2) is 18.2 Å². The van der Waals surface area contributed by atoms with Crippen LogP contribution in [0.2, 0.25) is 0 Å². The van der Waals surface area contributed by atoms with Crippen molar-refractivity contribution in [3.05, 3.63) is 34.9 Å². The van der Waals surface area contributed by atoms with Crippen molar-refractivity contribution in [2.75, 3.05) is 13.2 Å². The molecule has 1 spiro atoms. The first kappa shape index (κ1) is 15.7. The van der Waals surface area contributed by atoms with Gasteiger partial charge in [-0.25, -0.2) is 0 Å². The largest absolute Gasteiger partial charge is 0.347 e. The molecule has 1 aromatic carbocycles. The van der Waals surface area contributed by atoms with Gasteiger partial charge in [0.15, 0.2) is 5.79 Å². The third kappa shape index (κ3) is 3.21. The summed E-state index contributed by atoms with van der Waals surface area (Å²) in [4.78, 5) is 0. The lowest BCUT2D eigenvalue weighted by Gasteiger charge is -2.34. The molecule has 1 aromatic rings. The van der Waals surface area contributed by atoms with Crippen LogP contribution in [0, 0.1) is 5.92 Å². The predicted molar refractivity (Wildman–Crippen MR) is 92.7 cm³/mol. The van der Waals surface area contributed by atoms with Crippen molar-refractivity contribution in [3.8, 4) is 0 Å². The predicted octanol–water partition coefficient (Wildman–Crippen LogP) is 4.99. The minimum absolute atomic E-state index is 0.299. The van der Waals surface area contributed by atoms with E-state index in [1.165, 1.54) is 44.1 Å². The van der Waals surface area contributed by atoms with Crippen molar-refractivity contribution in [2.45, 2.75) is 76.4 Å². The third-order valence-corrected chi connectivity index (χ3v) is 6.29. The van der Waals surface area contributed by atoms with Gasteiger partial charge in [0.2, 0.25) is 0 Å². The molecule has 0 N–H and O–H groups in total. The molecule has 2 heteroatoms. The van der Waals surface area contributed by atoms with Crippen molar-refractivity contribution in [3.63, 3.8) is 0 Å². The highest BCUT2D eigenvalue weighted by Gasteiger charge is 2.39. The highest BCUT2D eigenvalue weighted by atomic mass is 16.7. The topological polar surface area (TPSA) is 18.5 Å². The standard InChI is InChI=1S/C21H30O2/c1-2-3-16-4-6-17(7-5-16)18-8-9-20-15-21(22-12-13-23-21)11-10-19(20)14-18/h8-9,14,16-17H,2-7,10-13,15H2,1H3. The van der Waals surface area contributed by atoms with Crippen molar-refractivity contribution >= 4 is 0 Å². The quantitative estimate of drug-likeness (QED) is 0.782. The van der Waals surface area contributed by atoms with E-state index in [-0.39, 0.29) is 5.79 Å². The van der Waals surface area contributed by atoms with Gasteiger partial charge < -0.3 is 9.47 Å². The van der Waals surface area contributed by atoms with E-state index in [4.69, 9.17) is 9.47 Å². The summed E-state index contributed by atoms with van der Waals surface area (Å²) in [5, 5.41) is 0. The number of hydrogen-bond acceptors (Lipinski definition) is 2. The van der Waals surface area contributed by atoms with Crippen molar-refractivity contribution < 1.29 is 9.47 Å². The number of ether oxygens (including phenoxy) is 2. The maximum absolute atomic E-state index is 5.90. The maximum Gasteiger partial charge on any atom is 0.172 e. The zero-order valence-electron chi connectivity index (χ0n) is 14.5. The molecule has 2 fully saturated rings. The molecule has 0 radical (unpaired) electrons. The third-order valence-electron chi connectivity index (χ3n) is 6.29. The van der Waals surface area contributed by atoms with Crippen LogP contribution >= 0.6 is 0 Å². The van der Waals surface area contributed by atoms with Crippen LogP contribution in [0.5, 0.6) is 0 Å². The fourth-order valence-corrected chi connectivity index (χ4v) is 4.94. The molecule has 0 unspecified atom stereocenters. The van der Waals surface area contributed by atoms with Crippen LogP contribution in [0.1, 0.15) is 74.5 Å². The van der Waals surface area contributed by atoms with Crippen LogP contribution in [0.3, 0.4) is 0 Å². The Labute approximate surface area is 140 Å². The smallest absolute Gasteiger partial charge is 0.172 e. The lowest BCUT2D eigenvalue weighted by atomic mass is 9.76. The number of rotatable bonds is 3. The molecule has 2 nitrogen and oxygen atoms in total. The van der Waals surface area contributed by atoms with E-state index in [9.17, 15) is 0 Å². The Morgan fingerprint density at radius 2 is 1.83 bits per heavy atom. The van der Waals surface area contributed by atoms with Gasteiger partial charge in [0, 0.05) is 12.8 Å². The van der Waals surface area contributed by atoms with Gasteiger partial charge in [-0.3, -0.25) is 0 Å². The second kappa shape index (κ2) is 6.57. The van der Waals surface area contributed by atoms with E-state index in [2.05, 4.69) is 25.1 Å². The second-order valence-electron chi connectivity index (χ2n) is 7.82. The van der Waals surface area contributed by atoms with Crippen molar-refractivity contribution in [1.29, 1.82) is 0 Å². The number of fused-ring (bicyclic) bond motifs is 1. The molecule has 126 valence electrons. The fraction of sp³-hybridized carbons (Fsp3) is 0.714. The van der Waals surface area contributed by atoms with Gasteiger partial charge in [-0.15, -0.1) is 0 Å². The molecule has 3 aliphatic rings. The minimum atomic E-state index is -0.299. The van der Waals surface area contributed by atoms with Gasteiger partial charge in [-0.2, -0.15) is 0 Å². The molecule has 0 bridgehead atoms. The Bertz CT molecular complexity index is 537. The molecule has 23 heavy (non-hydrogen) atoms. The van der Waals surface area contributed by atoms with E-state index in [1.807, 2.05) is 0 Å². The van der Waals surface area contributed by atoms with E-state index < -0.39 is 0 Å². The Kier molecular flexibility index (Phi) is 4.47. The minimum Gasteiger partial charge on any atom is -0.347 e. The summed E-state index contributed by atoms with van der Waals surface area (Å²) in [6, 6.07) is 7.24. The number of benzene rings is 1. The molecule has 1 saturated heterocycles. The monoisotopic (exact) mass is 314 g/mol. The lowest BCUT2D eigenvalue weighted by molar-refractivity contribution is -0.163. The summed E-state index contributed by atoms with van der Waals surface area (Å²) in [5.74, 6) is 1.49. The highest BCUT2D eigenvalue weighted by molar-refractivity contribution is 5.37. The summed E-state index contributed by atoms with van der Waals surface area (Å²) in [7, 11) is 0. The Morgan fingerprint density at radius 3 is 2.57 bits per heavy atom. The lowest BCUT2D eigenvalue weighted by Crippen LogP contribution is -2.37. The summed E-state index contributed by atoms with van der Waals surface area (Å²) in [5.41, 5.74) is 4.58. The Balaban J connectivity index is 1.44. The zero-order valence-corrected chi connectivity index (χ0v) is 14.5. The summed E-state index contributed by atoms with van der Waals surface area (Å²) in [6.07, 6.45) is 11.5. The second-order valence-corrected chi connectivity index (χ2v) is 7.82. The molecule has 1 heterocycles. The van der Waals surface area contributed by atoms with Gasteiger partial charge in [0.05, 0.1) is 13.2 Å². The van der Waals surface area contributed by atoms with E-state index in [1.54, 1.807) is 11.1 Å². The fourth-order valence-electron chi connectivity index (χ4n) is 4.94. The van der Waals surface area contributed by atoms with E-state index >= 15 is 0 Å². The van der Waals surface area contributed by atoms with E-state index in [0.717, 1.165) is 44.3 Å². The molecule has 2 aliphatic carbocycles. The first-order valence-electron chi connectivity index (χ1n) is 9.67. The average molecular weight is 314 g/mol. The van der Waals surface area contributed by atoms with Gasteiger partial charge in [0.1, 0.15) is 0 Å². The van der Waals surface area contributed by atoms with Crippen molar-refractivity contribution in [2.24, 2.45) is 5.92 Å². The molecular formula is C21H30O2. The van der Waals surface area contributed by atoms with Gasteiger partial charge in [-0.1, -0.05) is 38.0 Å². The molecule has 0 amide bonds. The van der Waals surface area contributed by atoms with E-state index in [0.29, 0.717) is 0 Å². The molecule has 4 rings (SSSR count). The van der Waals surface area contributed by atoms with Crippen LogP contribution in [0.4, 0.5) is 0 Å². The molecule has 0 atom stereocenters. The van der Waals surface area contributed by atoms with Crippen LogP contribution < -0.4 is 0 Å². The van der Waals surface area contributed by atoms with Crippen LogP contribution in [0.25, 0.3) is 0 Å². The van der Waals surface area contributed by atoms with Gasteiger partial charge in [0.25, 0.3) is 0 Å². The zero-order chi connectivity index (χ0) is 15.7. The maximum atomic E-state index is 5.90. The molecule has 0 aromatic heterocycles. The summed E-state index contributed by atoms with van der Waals surface area (Å²) < 4.78 is 11.8. The van der Waals surface area contributed by atoms with Crippen LogP contribution in [-0.4, -0.2) is 19.0 Å². The summed E-state index contributed by atoms with van der Waals surface area (Å²) >= 11 is 0. The highest BCUT2D eigenvalue weighted by Crippen LogP contribution is 2.40. The Morgan fingerprint density at radius 1 is 1.04 bits per heavy atom. The van der Waals surface area contributed by atoms with Gasteiger partial charge >= 0.3 is 0 Å². The average Bonchev–Trinajstić information content (AvgIpc) is 3.03.